The van der Waals surface area contributed by atoms with Crippen LogP contribution in [0.15, 0.2) is 0 Å². The van der Waals surface area contributed by atoms with E-state index in [4.69, 9.17) is 0 Å². The summed E-state index contributed by atoms with van der Waals surface area (Å²) in [5.74, 6) is -0.110. The fourth-order valence-corrected chi connectivity index (χ4v) is 0.958. The van der Waals surface area contributed by atoms with Gasteiger partial charge in [0.25, 0.3) is 0 Å². The molecule has 0 aromatic heterocycles. The molecule has 1 radical (unpaired) electrons. The Bertz CT molecular complexity index is 110. The molecule has 0 rings (SSSR count). The van der Waals surface area contributed by atoms with Crippen molar-refractivity contribution in [2.45, 2.75) is 52.1 Å². The van der Waals surface area contributed by atoms with Crippen LogP contribution in [0.3, 0.4) is 0 Å². The third kappa shape index (κ3) is 4.96. The lowest BCUT2D eigenvalue weighted by Crippen LogP contribution is -2.17. The Morgan fingerprint density at radius 3 is 2.36 bits per heavy atom. The van der Waals surface area contributed by atoms with Gasteiger partial charge >= 0.3 is 0 Å². The van der Waals surface area contributed by atoms with E-state index in [1.54, 1.807) is 0 Å². The normalized spacial score (nSPS) is 13.0. The van der Waals surface area contributed by atoms with Gasteiger partial charge in [0.1, 0.15) is 0 Å². The summed E-state index contributed by atoms with van der Waals surface area (Å²) < 4.78 is 0. The zero-order chi connectivity index (χ0) is 8.69. The smallest absolute Gasteiger partial charge is 0.164 e. The van der Waals surface area contributed by atoms with Crippen LogP contribution in [0.4, 0.5) is 0 Å². The predicted octanol–water partition coefficient (Wildman–Crippen LogP) is 2.34. The molecule has 0 heterocycles. The summed E-state index contributed by atoms with van der Waals surface area (Å²) in [7, 11) is 0. The SMILES string of the molecule is CCCC[C@H]([O])C(=O)CCC. The fraction of sp³-hybridized carbons (Fsp3) is 0.889. The van der Waals surface area contributed by atoms with Crippen LogP contribution in [-0.2, 0) is 9.90 Å². The van der Waals surface area contributed by atoms with Crippen molar-refractivity contribution in [3.8, 4) is 0 Å². The predicted molar refractivity (Wildman–Crippen MR) is 43.9 cm³/mol. The summed E-state index contributed by atoms with van der Waals surface area (Å²) in [5.41, 5.74) is 0. The third-order valence-corrected chi connectivity index (χ3v) is 1.68. The quantitative estimate of drug-likeness (QED) is 0.583. The minimum Gasteiger partial charge on any atom is -0.297 e. The summed E-state index contributed by atoms with van der Waals surface area (Å²) in [6.45, 7) is 3.95. The van der Waals surface area contributed by atoms with Gasteiger partial charge in [0.15, 0.2) is 11.9 Å². The fourth-order valence-electron chi connectivity index (χ4n) is 0.958. The lowest BCUT2D eigenvalue weighted by atomic mass is 10.1. The molecule has 2 heteroatoms. The molecule has 1 atom stereocenters. The first kappa shape index (κ1) is 10.6. The van der Waals surface area contributed by atoms with E-state index >= 15 is 0 Å². The molecule has 0 aromatic carbocycles. The Labute approximate surface area is 68.6 Å². The first-order valence-electron chi connectivity index (χ1n) is 4.40. The van der Waals surface area contributed by atoms with Crippen LogP contribution in [0.25, 0.3) is 0 Å². The highest BCUT2D eigenvalue weighted by Gasteiger charge is 2.14. The average Bonchev–Trinajstić information content (AvgIpc) is 2.00. The maximum atomic E-state index is 11.0. The van der Waals surface area contributed by atoms with Crippen molar-refractivity contribution < 1.29 is 9.90 Å². The van der Waals surface area contributed by atoms with Crippen molar-refractivity contribution in [3.05, 3.63) is 0 Å². The van der Waals surface area contributed by atoms with Crippen LogP contribution in [0, 0.1) is 0 Å². The number of hydrogen-bond acceptors (Lipinski definition) is 1. The summed E-state index contributed by atoms with van der Waals surface area (Å²) in [4.78, 5) is 10.9. The first-order valence-corrected chi connectivity index (χ1v) is 4.40. The van der Waals surface area contributed by atoms with Crippen molar-refractivity contribution in [2.24, 2.45) is 0 Å². The van der Waals surface area contributed by atoms with Crippen LogP contribution in [0.5, 0.6) is 0 Å². The van der Waals surface area contributed by atoms with Gasteiger partial charge in [0.2, 0.25) is 0 Å². The highest BCUT2D eigenvalue weighted by atomic mass is 16.3. The van der Waals surface area contributed by atoms with Crippen LogP contribution in [0.1, 0.15) is 46.0 Å². The lowest BCUT2D eigenvalue weighted by molar-refractivity contribution is -0.130. The molecule has 0 amide bonds. The van der Waals surface area contributed by atoms with Gasteiger partial charge in [-0.1, -0.05) is 26.7 Å². The van der Waals surface area contributed by atoms with E-state index in [2.05, 4.69) is 0 Å². The molecule has 2 nitrogen and oxygen atoms in total. The molecule has 0 N–H and O–H groups in total. The van der Waals surface area contributed by atoms with E-state index in [0.29, 0.717) is 12.8 Å². The van der Waals surface area contributed by atoms with E-state index in [1.165, 1.54) is 0 Å². The Balaban J connectivity index is 3.46. The van der Waals surface area contributed by atoms with Crippen molar-refractivity contribution in [1.82, 2.24) is 0 Å². The van der Waals surface area contributed by atoms with Crippen LogP contribution < -0.4 is 0 Å². The number of Topliss-reactive ketones (excluding diaryl/α,β-unsaturated/α-hetero) is 1. The van der Waals surface area contributed by atoms with Crippen LogP contribution >= 0.6 is 0 Å². The lowest BCUT2D eigenvalue weighted by Gasteiger charge is -2.04. The maximum Gasteiger partial charge on any atom is 0.164 e. The molecule has 0 bridgehead atoms. The van der Waals surface area contributed by atoms with E-state index in [-0.39, 0.29) is 5.78 Å². The monoisotopic (exact) mass is 157 g/mol. The van der Waals surface area contributed by atoms with Crippen LogP contribution in [-0.4, -0.2) is 11.9 Å². The molecule has 65 valence electrons. The zero-order valence-electron chi connectivity index (χ0n) is 7.43. The second-order valence-electron chi connectivity index (χ2n) is 2.85. The largest absolute Gasteiger partial charge is 0.297 e. The zero-order valence-corrected chi connectivity index (χ0v) is 7.43. The highest BCUT2D eigenvalue weighted by molar-refractivity contribution is 5.82. The number of unbranched alkanes of at least 4 members (excludes halogenated alkanes) is 1. The minimum atomic E-state index is -0.949. The Hall–Kier alpha value is -0.370. The molecule has 0 aromatic rings. The van der Waals surface area contributed by atoms with E-state index < -0.39 is 6.10 Å². The van der Waals surface area contributed by atoms with Gasteiger partial charge in [-0.15, -0.1) is 0 Å². The first-order chi connectivity index (χ1) is 5.22. The van der Waals surface area contributed by atoms with E-state index in [0.717, 1.165) is 19.3 Å². The van der Waals surface area contributed by atoms with Crippen molar-refractivity contribution >= 4 is 5.78 Å². The summed E-state index contributed by atoms with van der Waals surface area (Å²) >= 11 is 0. The summed E-state index contributed by atoms with van der Waals surface area (Å²) in [5, 5.41) is 11.0. The Morgan fingerprint density at radius 1 is 1.27 bits per heavy atom. The summed E-state index contributed by atoms with van der Waals surface area (Å²) in [6, 6.07) is 0. The van der Waals surface area contributed by atoms with Crippen LogP contribution in [0.2, 0.25) is 0 Å². The number of rotatable bonds is 6. The second-order valence-corrected chi connectivity index (χ2v) is 2.85. The van der Waals surface area contributed by atoms with Crippen molar-refractivity contribution in [3.63, 3.8) is 0 Å². The van der Waals surface area contributed by atoms with Crippen molar-refractivity contribution in [1.29, 1.82) is 0 Å². The Morgan fingerprint density at radius 2 is 1.91 bits per heavy atom. The number of carbonyl (C=O) groups excluding carboxylic acids is 1. The molecule has 0 saturated heterocycles. The third-order valence-electron chi connectivity index (χ3n) is 1.68. The van der Waals surface area contributed by atoms with Gasteiger partial charge in [0.05, 0.1) is 0 Å². The van der Waals surface area contributed by atoms with Gasteiger partial charge < -0.3 is 0 Å². The minimum absolute atomic E-state index is 0.110. The topological polar surface area (TPSA) is 37.0 Å². The second kappa shape index (κ2) is 6.35. The van der Waals surface area contributed by atoms with E-state index in [1.807, 2.05) is 13.8 Å². The molecular weight excluding hydrogens is 140 g/mol. The molecule has 0 unspecified atom stereocenters. The van der Waals surface area contributed by atoms with Gasteiger partial charge in [-0.25, -0.2) is 5.11 Å². The standard InChI is InChI=1S/C9H17O2/c1-3-5-7-9(11)8(10)6-4-2/h9H,3-7H2,1-2H3/t9-/m0/s1. The molecule has 0 aliphatic heterocycles. The number of ketones is 1. The van der Waals surface area contributed by atoms with Gasteiger partial charge in [-0.2, -0.15) is 0 Å². The Kier molecular flexibility index (Phi) is 6.13. The van der Waals surface area contributed by atoms with Gasteiger partial charge in [-0.3, -0.25) is 4.79 Å². The molecule has 0 saturated carbocycles. The number of hydrogen-bond donors (Lipinski definition) is 0. The van der Waals surface area contributed by atoms with Gasteiger partial charge in [-0.05, 0) is 12.8 Å². The van der Waals surface area contributed by atoms with E-state index in [9.17, 15) is 9.90 Å². The maximum absolute atomic E-state index is 11.0. The van der Waals surface area contributed by atoms with Gasteiger partial charge in [0, 0.05) is 6.42 Å². The summed E-state index contributed by atoms with van der Waals surface area (Å²) in [6.07, 6.45) is 2.70. The number of carbonyl (C=O) groups is 1. The molecule has 11 heavy (non-hydrogen) atoms. The molecule has 0 fully saturated rings. The molecule has 0 spiro atoms. The molecule has 0 aliphatic carbocycles. The van der Waals surface area contributed by atoms with Crippen molar-refractivity contribution in [2.75, 3.05) is 0 Å². The molecular formula is C9H17O2. The molecule has 0 aliphatic rings. The highest BCUT2D eigenvalue weighted by Crippen LogP contribution is 2.04. The average molecular weight is 157 g/mol.